The van der Waals surface area contributed by atoms with Crippen LogP contribution in [-0.4, -0.2) is 26.9 Å². The lowest BCUT2D eigenvalue weighted by molar-refractivity contribution is -0.116. The predicted molar refractivity (Wildman–Crippen MR) is 72.1 cm³/mol. The lowest BCUT2D eigenvalue weighted by Gasteiger charge is -2.07. The number of hydrogen-bond donors (Lipinski definition) is 3. The van der Waals surface area contributed by atoms with E-state index in [4.69, 9.17) is 5.73 Å². The van der Waals surface area contributed by atoms with Crippen LogP contribution in [0.5, 0.6) is 0 Å². The van der Waals surface area contributed by atoms with E-state index < -0.39 is 10.0 Å². The van der Waals surface area contributed by atoms with Crippen molar-refractivity contribution in [3.8, 4) is 0 Å². The molecule has 0 aliphatic heterocycles. The number of nitrogens with one attached hydrogen (secondary N) is 2. The van der Waals surface area contributed by atoms with Gasteiger partial charge < -0.3 is 11.1 Å². The Kier molecular flexibility index (Phi) is 4.18. The first kappa shape index (κ1) is 14.0. The third-order valence-corrected chi connectivity index (χ3v) is 4.26. The van der Waals surface area contributed by atoms with Gasteiger partial charge in [0.25, 0.3) is 0 Å². The Morgan fingerprint density at radius 3 is 2.42 bits per heavy atom. The van der Waals surface area contributed by atoms with Gasteiger partial charge in [-0.05, 0) is 37.1 Å². The maximum atomic E-state index is 11.9. The van der Waals surface area contributed by atoms with E-state index in [1.54, 1.807) is 12.1 Å². The van der Waals surface area contributed by atoms with E-state index in [2.05, 4.69) is 10.0 Å². The molecule has 0 spiro atoms. The van der Waals surface area contributed by atoms with E-state index in [0.717, 1.165) is 12.8 Å². The highest BCUT2D eigenvalue weighted by molar-refractivity contribution is 7.89. The van der Waals surface area contributed by atoms with E-state index >= 15 is 0 Å². The molecular formula is C12H17N3O3S. The number of anilines is 1. The van der Waals surface area contributed by atoms with Crippen molar-refractivity contribution in [3.63, 3.8) is 0 Å². The molecule has 4 N–H and O–H groups in total. The normalized spacial score (nSPS) is 15.2. The fourth-order valence-electron chi connectivity index (χ4n) is 1.56. The van der Waals surface area contributed by atoms with Gasteiger partial charge in [0.05, 0.1) is 4.90 Å². The average molecular weight is 283 g/mol. The van der Waals surface area contributed by atoms with Crippen molar-refractivity contribution in [3.05, 3.63) is 24.3 Å². The van der Waals surface area contributed by atoms with Crippen LogP contribution in [0.4, 0.5) is 5.69 Å². The summed E-state index contributed by atoms with van der Waals surface area (Å²) in [7, 11) is -3.44. The summed E-state index contributed by atoms with van der Waals surface area (Å²) < 4.78 is 26.4. The zero-order valence-electron chi connectivity index (χ0n) is 10.4. The molecule has 6 nitrogen and oxygen atoms in total. The first-order valence-electron chi connectivity index (χ1n) is 6.13. The Bertz CT molecular complexity index is 550. The van der Waals surface area contributed by atoms with Crippen molar-refractivity contribution >= 4 is 21.6 Å². The van der Waals surface area contributed by atoms with Gasteiger partial charge in [-0.25, -0.2) is 13.1 Å². The molecular weight excluding hydrogens is 266 g/mol. The number of nitrogens with two attached hydrogens (primary N) is 1. The highest BCUT2D eigenvalue weighted by atomic mass is 32.2. The third kappa shape index (κ3) is 4.02. The predicted octanol–water partition coefficient (Wildman–Crippen LogP) is 0.415. The standard InChI is InChI=1S/C12H17N3O3S/c13-8-7-12(16)14-9-3-5-11(6-4-9)19(17,18)15-10-1-2-10/h3-6,10,15H,1-2,7-8,13H2,(H,14,16). The Morgan fingerprint density at radius 2 is 1.89 bits per heavy atom. The first-order chi connectivity index (χ1) is 9.01. The summed E-state index contributed by atoms with van der Waals surface area (Å²) >= 11 is 0. The summed E-state index contributed by atoms with van der Waals surface area (Å²) in [5.74, 6) is -0.186. The van der Waals surface area contributed by atoms with Crippen molar-refractivity contribution in [2.45, 2.75) is 30.2 Å². The molecule has 1 amide bonds. The molecule has 2 rings (SSSR count). The van der Waals surface area contributed by atoms with E-state index in [9.17, 15) is 13.2 Å². The van der Waals surface area contributed by atoms with Crippen molar-refractivity contribution in [2.24, 2.45) is 5.73 Å². The minimum absolute atomic E-state index is 0.0777. The molecule has 0 unspecified atom stereocenters. The largest absolute Gasteiger partial charge is 0.330 e. The number of carbonyl (C=O) groups excluding carboxylic acids is 1. The SMILES string of the molecule is NCCC(=O)Nc1ccc(S(=O)(=O)NC2CC2)cc1. The third-order valence-electron chi connectivity index (χ3n) is 2.72. The topological polar surface area (TPSA) is 101 Å². The number of amides is 1. The van der Waals surface area contributed by atoms with Gasteiger partial charge in [0, 0.05) is 24.7 Å². The summed E-state index contributed by atoms with van der Waals surface area (Å²) in [5, 5.41) is 2.64. The van der Waals surface area contributed by atoms with E-state index in [0.29, 0.717) is 5.69 Å². The van der Waals surface area contributed by atoms with Crippen molar-refractivity contribution in [1.29, 1.82) is 0 Å². The van der Waals surface area contributed by atoms with Crippen molar-refractivity contribution in [1.82, 2.24) is 4.72 Å². The molecule has 1 saturated carbocycles. The fourth-order valence-corrected chi connectivity index (χ4v) is 2.87. The maximum absolute atomic E-state index is 11.9. The first-order valence-corrected chi connectivity index (χ1v) is 7.62. The molecule has 104 valence electrons. The minimum Gasteiger partial charge on any atom is -0.330 e. The molecule has 1 aliphatic carbocycles. The molecule has 1 aromatic carbocycles. The second-order valence-corrected chi connectivity index (χ2v) is 6.22. The van der Waals surface area contributed by atoms with Crippen LogP contribution in [0.2, 0.25) is 0 Å². The van der Waals surface area contributed by atoms with Crippen LogP contribution in [-0.2, 0) is 14.8 Å². The van der Waals surface area contributed by atoms with Crippen LogP contribution in [0.25, 0.3) is 0 Å². The van der Waals surface area contributed by atoms with Crippen LogP contribution in [0.1, 0.15) is 19.3 Å². The summed E-state index contributed by atoms with van der Waals surface area (Å²) in [6.07, 6.45) is 2.03. The highest BCUT2D eigenvalue weighted by Gasteiger charge is 2.27. The molecule has 0 bridgehead atoms. The summed E-state index contributed by atoms with van der Waals surface area (Å²) in [4.78, 5) is 11.5. The van der Waals surface area contributed by atoms with Crippen LogP contribution in [0.15, 0.2) is 29.2 Å². The fraction of sp³-hybridized carbons (Fsp3) is 0.417. The number of rotatable bonds is 6. The highest BCUT2D eigenvalue weighted by Crippen LogP contribution is 2.22. The molecule has 1 fully saturated rings. The Hall–Kier alpha value is -1.44. The van der Waals surface area contributed by atoms with Gasteiger partial charge in [0.15, 0.2) is 0 Å². The van der Waals surface area contributed by atoms with Crippen LogP contribution in [0.3, 0.4) is 0 Å². The number of hydrogen-bond acceptors (Lipinski definition) is 4. The molecule has 0 radical (unpaired) electrons. The zero-order chi connectivity index (χ0) is 13.9. The average Bonchev–Trinajstić information content (AvgIpc) is 3.13. The molecule has 1 aromatic rings. The second-order valence-electron chi connectivity index (χ2n) is 4.51. The Labute approximate surface area is 112 Å². The van der Waals surface area contributed by atoms with E-state index in [1.165, 1.54) is 12.1 Å². The maximum Gasteiger partial charge on any atom is 0.240 e. The quantitative estimate of drug-likeness (QED) is 0.704. The van der Waals surface area contributed by atoms with E-state index in [1.807, 2.05) is 0 Å². The van der Waals surface area contributed by atoms with Crippen LogP contribution < -0.4 is 15.8 Å². The van der Waals surface area contributed by atoms with Gasteiger partial charge in [-0.15, -0.1) is 0 Å². The number of benzene rings is 1. The number of sulfonamides is 1. The smallest absolute Gasteiger partial charge is 0.240 e. The lowest BCUT2D eigenvalue weighted by atomic mass is 10.3. The molecule has 19 heavy (non-hydrogen) atoms. The summed E-state index contributed by atoms with van der Waals surface area (Å²) in [5.41, 5.74) is 5.83. The molecule has 1 aliphatic rings. The van der Waals surface area contributed by atoms with Crippen LogP contribution in [0, 0.1) is 0 Å². The van der Waals surface area contributed by atoms with Gasteiger partial charge in [-0.2, -0.15) is 0 Å². The monoisotopic (exact) mass is 283 g/mol. The molecule has 0 heterocycles. The Morgan fingerprint density at radius 1 is 1.26 bits per heavy atom. The number of carbonyl (C=O) groups is 1. The molecule has 0 aromatic heterocycles. The van der Waals surface area contributed by atoms with E-state index in [-0.39, 0.29) is 29.8 Å². The van der Waals surface area contributed by atoms with Gasteiger partial charge >= 0.3 is 0 Å². The zero-order valence-corrected chi connectivity index (χ0v) is 11.2. The van der Waals surface area contributed by atoms with Gasteiger partial charge in [-0.3, -0.25) is 4.79 Å². The van der Waals surface area contributed by atoms with Crippen LogP contribution >= 0.6 is 0 Å². The second kappa shape index (κ2) is 5.68. The summed E-state index contributed by atoms with van der Waals surface area (Å²) in [6.45, 7) is 0.281. The molecule has 7 heteroatoms. The molecule has 0 saturated heterocycles. The van der Waals surface area contributed by atoms with Gasteiger partial charge in [0.2, 0.25) is 15.9 Å². The van der Waals surface area contributed by atoms with Gasteiger partial charge in [-0.1, -0.05) is 0 Å². The summed E-state index contributed by atoms with van der Waals surface area (Å²) in [6, 6.07) is 6.16. The Balaban J connectivity index is 2.03. The molecule has 0 atom stereocenters. The van der Waals surface area contributed by atoms with Gasteiger partial charge in [0.1, 0.15) is 0 Å². The lowest BCUT2D eigenvalue weighted by Crippen LogP contribution is -2.25. The minimum atomic E-state index is -3.44. The van der Waals surface area contributed by atoms with Crippen molar-refractivity contribution in [2.75, 3.05) is 11.9 Å². The van der Waals surface area contributed by atoms with Crippen molar-refractivity contribution < 1.29 is 13.2 Å².